The molecule has 0 aromatic heterocycles. The van der Waals surface area contributed by atoms with E-state index in [0.29, 0.717) is 18.0 Å². The van der Waals surface area contributed by atoms with Crippen LogP contribution in [-0.2, 0) is 14.0 Å². The summed E-state index contributed by atoms with van der Waals surface area (Å²) in [5.74, 6) is -0.490. The zero-order chi connectivity index (χ0) is 25.0. The van der Waals surface area contributed by atoms with Gasteiger partial charge in [0.2, 0.25) is 0 Å². The maximum atomic E-state index is 13.6. The molecule has 1 amide bonds. The molecule has 1 aromatic carbocycles. The third kappa shape index (κ3) is 9.33. The van der Waals surface area contributed by atoms with Gasteiger partial charge in [0.25, 0.3) is 5.91 Å². The molecule has 0 unspecified atom stereocenters. The molecule has 0 saturated carbocycles. The standard InChI is InChI=1S/C24H45NO4Si3/c1-24(2,3)32(10,11)29-17-21(23(27)28-19-31(7,8)9)25(18-30(4,5)6)22(26)20-15-13-12-14-16-20/h12-16,21H,17-19H2,1-11H3/t21-/m1/s1. The van der Waals surface area contributed by atoms with Crippen LogP contribution in [0, 0.1) is 0 Å². The van der Waals surface area contributed by atoms with E-state index in [1.807, 2.05) is 18.2 Å². The van der Waals surface area contributed by atoms with Crippen LogP contribution in [0.25, 0.3) is 0 Å². The van der Waals surface area contributed by atoms with Gasteiger partial charge in [-0.05, 0) is 30.3 Å². The van der Waals surface area contributed by atoms with Gasteiger partial charge in [0, 0.05) is 11.7 Å². The molecule has 0 spiro atoms. The molecule has 1 atom stereocenters. The summed E-state index contributed by atoms with van der Waals surface area (Å²) in [6.07, 6.45) is 0.997. The Labute approximate surface area is 199 Å². The third-order valence-electron chi connectivity index (χ3n) is 5.63. The zero-order valence-electron chi connectivity index (χ0n) is 22.2. The van der Waals surface area contributed by atoms with Crippen molar-refractivity contribution in [3.8, 4) is 0 Å². The van der Waals surface area contributed by atoms with Gasteiger partial charge < -0.3 is 14.1 Å². The van der Waals surface area contributed by atoms with Crippen LogP contribution in [0.4, 0.5) is 0 Å². The Morgan fingerprint density at radius 1 is 0.906 bits per heavy atom. The second-order valence-corrected chi connectivity index (χ2v) is 28.3. The Bertz CT molecular complexity index is 762. The molecule has 8 heteroatoms. The average Bonchev–Trinajstić information content (AvgIpc) is 2.63. The number of carbonyl (C=O) groups excluding carboxylic acids is 2. The highest BCUT2D eigenvalue weighted by molar-refractivity contribution is 6.76. The summed E-state index contributed by atoms with van der Waals surface area (Å²) in [6, 6.07) is 8.45. The lowest BCUT2D eigenvalue weighted by atomic mass is 10.1. The van der Waals surface area contributed by atoms with E-state index in [4.69, 9.17) is 9.16 Å². The second kappa shape index (κ2) is 10.8. The minimum atomic E-state index is -2.12. The van der Waals surface area contributed by atoms with Crippen LogP contribution in [0.5, 0.6) is 0 Å². The second-order valence-electron chi connectivity index (χ2n) is 12.6. The number of amides is 1. The van der Waals surface area contributed by atoms with Crippen LogP contribution in [0.1, 0.15) is 31.1 Å². The summed E-state index contributed by atoms with van der Waals surface area (Å²) >= 11 is 0. The van der Waals surface area contributed by atoms with Crippen molar-refractivity contribution in [3.05, 3.63) is 35.9 Å². The van der Waals surface area contributed by atoms with E-state index < -0.39 is 30.5 Å². The maximum absolute atomic E-state index is 13.6. The Balaban J connectivity index is 3.34. The Hall–Kier alpha value is -1.23. The summed E-state index contributed by atoms with van der Waals surface area (Å²) < 4.78 is 12.2. The smallest absolute Gasteiger partial charge is 0.330 e. The van der Waals surface area contributed by atoms with E-state index in [2.05, 4.69) is 73.1 Å². The summed E-state index contributed by atoms with van der Waals surface area (Å²) in [5, 5.41) is 0.00677. The topological polar surface area (TPSA) is 55.8 Å². The predicted molar refractivity (Wildman–Crippen MR) is 142 cm³/mol. The van der Waals surface area contributed by atoms with E-state index in [1.54, 1.807) is 17.0 Å². The van der Waals surface area contributed by atoms with Crippen LogP contribution in [0.3, 0.4) is 0 Å². The van der Waals surface area contributed by atoms with E-state index >= 15 is 0 Å². The van der Waals surface area contributed by atoms with Crippen molar-refractivity contribution < 1.29 is 18.8 Å². The van der Waals surface area contributed by atoms with Gasteiger partial charge in [0.1, 0.15) is 0 Å². The molecule has 1 aromatic rings. The van der Waals surface area contributed by atoms with Crippen molar-refractivity contribution in [2.24, 2.45) is 0 Å². The van der Waals surface area contributed by atoms with Crippen LogP contribution in [-0.4, -0.2) is 66.3 Å². The molecule has 32 heavy (non-hydrogen) atoms. The minimum absolute atomic E-state index is 0.00677. The summed E-state index contributed by atoms with van der Waals surface area (Å²) in [6.45, 7) is 24.1. The van der Waals surface area contributed by atoms with Crippen molar-refractivity contribution in [3.63, 3.8) is 0 Å². The largest absolute Gasteiger partial charge is 0.468 e. The van der Waals surface area contributed by atoms with Crippen LogP contribution < -0.4 is 0 Å². The first-order valence-corrected chi connectivity index (χ1v) is 21.8. The van der Waals surface area contributed by atoms with Gasteiger partial charge in [0.15, 0.2) is 14.4 Å². The number of carbonyl (C=O) groups is 2. The van der Waals surface area contributed by atoms with Gasteiger partial charge >= 0.3 is 5.97 Å². The highest BCUT2D eigenvalue weighted by atomic mass is 28.4. The molecule has 5 nitrogen and oxygen atoms in total. The van der Waals surface area contributed by atoms with E-state index in [1.165, 1.54) is 0 Å². The lowest BCUT2D eigenvalue weighted by Crippen LogP contribution is -2.56. The average molecular weight is 496 g/mol. The molecular formula is C24H45NO4Si3. The zero-order valence-corrected chi connectivity index (χ0v) is 25.2. The molecule has 0 heterocycles. The molecule has 0 aliphatic carbocycles. The molecule has 0 N–H and O–H groups in total. The van der Waals surface area contributed by atoms with E-state index in [9.17, 15) is 9.59 Å². The molecule has 0 aliphatic rings. The molecular weight excluding hydrogens is 451 g/mol. The lowest BCUT2D eigenvalue weighted by Gasteiger charge is -2.40. The number of hydrogen-bond donors (Lipinski definition) is 0. The van der Waals surface area contributed by atoms with Gasteiger partial charge in [-0.1, -0.05) is 78.3 Å². The van der Waals surface area contributed by atoms with Crippen molar-refractivity contribution >= 4 is 36.3 Å². The normalized spacial score (nSPS) is 14.1. The third-order valence-corrected chi connectivity index (χ3v) is 12.4. The minimum Gasteiger partial charge on any atom is -0.468 e. The van der Waals surface area contributed by atoms with Crippen molar-refractivity contribution in [1.29, 1.82) is 0 Å². The fourth-order valence-corrected chi connectivity index (χ4v) is 5.72. The Morgan fingerprint density at radius 3 is 1.88 bits per heavy atom. The van der Waals surface area contributed by atoms with Gasteiger partial charge in [-0.15, -0.1) is 0 Å². The molecule has 0 saturated heterocycles. The van der Waals surface area contributed by atoms with Crippen LogP contribution >= 0.6 is 0 Å². The molecule has 1 rings (SSSR count). The van der Waals surface area contributed by atoms with Crippen molar-refractivity contribution in [2.75, 3.05) is 19.0 Å². The van der Waals surface area contributed by atoms with Gasteiger partial charge in [-0.25, -0.2) is 4.79 Å². The first kappa shape index (κ1) is 28.8. The molecule has 182 valence electrons. The number of nitrogens with zero attached hydrogens (tertiary/aromatic N) is 1. The van der Waals surface area contributed by atoms with E-state index in [-0.39, 0.29) is 23.5 Å². The van der Waals surface area contributed by atoms with Crippen LogP contribution in [0.15, 0.2) is 30.3 Å². The number of rotatable bonds is 10. The first-order chi connectivity index (χ1) is 14.3. The van der Waals surface area contributed by atoms with Gasteiger partial charge in [-0.2, -0.15) is 0 Å². The molecule has 0 bridgehead atoms. The first-order valence-electron chi connectivity index (χ1n) is 11.5. The quantitative estimate of drug-likeness (QED) is 0.303. The number of hydrogen-bond acceptors (Lipinski definition) is 4. The highest BCUT2D eigenvalue weighted by Gasteiger charge is 2.41. The van der Waals surface area contributed by atoms with Crippen molar-refractivity contribution in [2.45, 2.75) is 84.2 Å². The maximum Gasteiger partial charge on any atom is 0.330 e. The Kier molecular flexibility index (Phi) is 9.72. The van der Waals surface area contributed by atoms with Gasteiger partial charge in [0.05, 0.1) is 29.0 Å². The number of benzene rings is 1. The SMILES string of the molecule is CC(C)(C)[Si](C)(C)OC[C@H](C(=O)OC[Si](C)(C)C)N(C[Si](C)(C)C)C(=O)c1ccccc1. The predicted octanol–water partition coefficient (Wildman–Crippen LogP) is 5.82. The monoisotopic (exact) mass is 495 g/mol. The lowest BCUT2D eigenvalue weighted by molar-refractivity contribution is -0.148. The van der Waals surface area contributed by atoms with Crippen LogP contribution in [0.2, 0.25) is 57.4 Å². The fraction of sp³-hybridized carbons (Fsp3) is 0.667. The number of esters is 1. The molecule has 0 radical (unpaired) electrons. The summed E-state index contributed by atoms with van der Waals surface area (Å²) in [5.41, 5.74) is 0.584. The summed E-state index contributed by atoms with van der Waals surface area (Å²) in [4.78, 5) is 28.7. The van der Waals surface area contributed by atoms with Crippen molar-refractivity contribution in [1.82, 2.24) is 4.90 Å². The molecule has 0 aliphatic heterocycles. The molecule has 0 fully saturated rings. The Morgan fingerprint density at radius 2 is 1.44 bits per heavy atom. The number of ether oxygens (including phenoxy) is 1. The fourth-order valence-electron chi connectivity index (χ4n) is 2.75. The van der Waals surface area contributed by atoms with Gasteiger partial charge in [-0.3, -0.25) is 4.79 Å². The van der Waals surface area contributed by atoms with E-state index in [0.717, 1.165) is 0 Å². The summed E-state index contributed by atoms with van der Waals surface area (Å²) in [7, 11) is -5.45. The highest BCUT2D eigenvalue weighted by Crippen LogP contribution is 2.36.